The van der Waals surface area contributed by atoms with Crippen LogP contribution in [0, 0.1) is 5.92 Å². The van der Waals surface area contributed by atoms with Gasteiger partial charge in [-0.2, -0.15) is 4.89 Å². The molecule has 0 aliphatic heterocycles. The topological polar surface area (TPSA) is 18.5 Å². The second-order valence-electron chi connectivity index (χ2n) is 5.71. The fraction of sp³-hybridized carbons (Fsp3) is 0.625. The summed E-state index contributed by atoms with van der Waals surface area (Å²) in [6.07, 6.45) is 0.925. The SMILES string of the molecule is CCC(C)(OOc1ccc(C(C)C)cc1)C(C)C. The molecule has 0 aliphatic rings. The molecule has 0 aliphatic carbocycles. The maximum absolute atomic E-state index is 5.63. The quantitative estimate of drug-likeness (QED) is 0.525. The van der Waals surface area contributed by atoms with Gasteiger partial charge < -0.3 is 4.89 Å². The summed E-state index contributed by atoms with van der Waals surface area (Å²) in [5, 5.41) is 0. The molecule has 1 atom stereocenters. The Hall–Kier alpha value is -1.02. The minimum atomic E-state index is -0.239. The van der Waals surface area contributed by atoms with Gasteiger partial charge >= 0.3 is 0 Å². The van der Waals surface area contributed by atoms with E-state index in [1.165, 1.54) is 5.56 Å². The first-order valence-corrected chi connectivity index (χ1v) is 6.84. The smallest absolute Gasteiger partial charge is 0.165 e. The molecule has 0 aromatic heterocycles. The lowest BCUT2D eigenvalue weighted by atomic mass is 9.90. The lowest BCUT2D eigenvalue weighted by molar-refractivity contribution is -0.300. The number of hydrogen-bond donors (Lipinski definition) is 0. The first kappa shape index (κ1) is 15.0. The highest BCUT2D eigenvalue weighted by Crippen LogP contribution is 2.27. The van der Waals surface area contributed by atoms with Gasteiger partial charge in [0, 0.05) is 0 Å². The lowest BCUT2D eigenvalue weighted by Crippen LogP contribution is -2.35. The molecular formula is C16H26O2. The highest BCUT2D eigenvalue weighted by atomic mass is 17.2. The second-order valence-corrected chi connectivity index (χ2v) is 5.71. The van der Waals surface area contributed by atoms with Crippen molar-refractivity contribution in [1.82, 2.24) is 0 Å². The van der Waals surface area contributed by atoms with Crippen molar-refractivity contribution in [2.24, 2.45) is 5.92 Å². The Bertz CT molecular complexity index is 354. The summed E-state index contributed by atoms with van der Waals surface area (Å²) in [6.45, 7) is 12.9. The van der Waals surface area contributed by atoms with Crippen molar-refractivity contribution in [3.63, 3.8) is 0 Å². The molecule has 0 N–H and O–H groups in total. The van der Waals surface area contributed by atoms with Crippen molar-refractivity contribution in [2.45, 2.75) is 59.5 Å². The summed E-state index contributed by atoms with van der Waals surface area (Å²) in [4.78, 5) is 11.1. The number of hydrogen-bond acceptors (Lipinski definition) is 2. The van der Waals surface area contributed by atoms with E-state index in [9.17, 15) is 0 Å². The summed E-state index contributed by atoms with van der Waals surface area (Å²) >= 11 is 0. The van der Waals surface area contributed by atoms with Crippen LogP contribution in [0.5, 0.6) is 5.75 Å². The Kier molecular flexibility index (Phi) is 5.21. The average Bonchev–Trinajstić information content (AvgIpc) is 2.36. The van der Waals surface area contributed by atoms with Crippen LogP contribution in [0.3, 0.4) is 0 Å². The molecule has 102 valence electrons. The molecule has 0 saturated carbocycles. The zero-order valence-electron chi connectivity index (χ0n) is 12.5. The molecule has 2 nitrogen and oxygen atoms in total. The van der Waals surface area contributed by atoms with E-state index in [0.29, 0.717) is 11.8 Å². The summed E-state index contributed by atoms with van der Waals surface area (Å²) < 4.78 is 0. The normalized spacial score (nSPS) is 14.9. The first-order chi connectivity index (χ1) is 8.39. The Morgan fingerprint density at radius 2 is 1.61 bits per heavy atom. The summed E-state index contributed by atoms with van der Waals surface area (Å²) in [5.74, 6) is 1.72. The molecule has 1 aromatic carbocycles. The van der Waals surface area contributed by atoms with Crippen molar-refractivity contribution in [1.29, 1.82) is 0 Å². The van der Waals surface area contributed by atoms with Crippen molar-refractivity contribution in [3.8, 4) is 5.75 Å². The first-order valence-electron chi connectivity index (χ1n) is 6.84. The van der Waals surface area contributed by atoms with Crippen LogP contribution >= 0.6 is 0 Å². The van der Waals surface area contributed by atoms with E-state index in [1.807, 2.05) is 12.1 Å². The molecule has 0 radical (unpaired) electrons. The molecule has 0 bridgehead atoms. The fourth-order valence-corrected chi connectivity index (χ4v) is 1.61. The van der Waals surface area contributed by atoms with Gasteiger partial charge in [-0.3, -0.25) is 0 Å². The molecular weight excluding hydrogens is 224 g/mol. The summed E-state index contributed by atoms with van der Waals surface area (Å²) in [7, 11) is 0. The van der Waals surface area contributed by atoms with Crippen molar-refractivity contribution < 1.29 is 9.78 Å². The van der Waals surface area contributed by atoms with Gasteiger partial charge in [-0.1, -0.05) is 46.8 Å². The second kappa shape index (κ2) is 6.24. The zero-order chi connectivity index (χ0) is 13.8. The van der Waals surface area contributed by atoms with Gasteiger partial charge in [-0.15, -0.1) is 0 Å². The highest BCUT2D eigenvalue weighted by molar-refractivity contribution is 5.28. The van der Waals surface area contributed by atoms with Gasteiger partial charge in [-0.05, 0) is 42.9 Å². The van der Waals surface area contributed by atoms with Crippen LogP contribution in [0.25, 0.3) is 0 Å². The largest absolute Gasteiger partial charge is 0.337 e. The molecule has 1 unspecified atom stereocenters. The molecule has 1 aromatic rings. The number of benzene rings is 1. The molecule has 0 spiro atoms. The van der Waals surface area contributed by atoms with E-state index in [-0.39, 0.29) is 5.60 Å². The van der Waals surface area contributed by atoms with Crippen LogP contribution in [-0.4, -0.2) is 5.60 Å². The molecule has 0 amide bonds. The summed E-state index contributed by atoms with van der Waals surface area (Å²) in [5.41, 5.74) is 1.07. The van der Waals surface area contributed by atoms with Crippen molar-refractivity contribution in [3.05, 3.63) is 29.8 Å². The van der Waals surface area contributed by atoms with Crippen LogP contribution in [0.4, 0.5) is 0 Å². The predicted molar refractivity (Wildman–Crippen MR) is 75.8 cm³/mol. The van der Waals surface area contributed by atoms with Gasteiger partial charge in [0.15, 0.2) is 5.75 Å². The Balaban J connectivity index is 2.63. The minimum Gasteiger partial charge on any atom is -0.337 e. The van der Waals surface area contributed by atoms with E-state index in [4.69, 9.17) is 9.78 Å². The molecule has 2 heteroatoms. The summed E-state index contributed by atoms with van der Waals surface area (Å²) in [6, 6.07) is 8.10. The minimum absolute atomic E-state index is 0.239. The van der Waals surface area contributed by atoms with Crippen LogP contribution in [0.2, 0.25) is 0 Å². The molecule has 18 heavy (non-hydrogen) atoms. The van der Waals surface area contributed by atoms with E-state index >= 15 is 0 Å². The van der Waals surface area contributed by atoms with Gasteiger partial charge in [0.2, 0.25) is 0 Å². The molecule has 0 saturated heterocycles. The van der Waals surface area contributed by atoms with Crippen molar-refractivity contribution >= 4 is 0 Å². The van der Waals surface area contributed by atoms with Gasteiger partial charge in [0.05, 0.1) is 0 Å². The Morgan fingerprint density at radius 1 is 1.06 bits per heavy atom. The van der Waals surface area contributed by atoms with E-state index in [1.54, 1.807) is 0 Å². The van der Waals surface area contributed by atoms with Crippen LogP contribution in [0.1, 0.15) is 59.4 Å². The molecule has 0 heterocycles. The predicted octanol–water partition coefficient (Wildman–Crippen LogP) is 4.95. The number of rotatable bonds is 6. The molecule has 0 fully saturated rings. The van der Waals surface area contributed by atoms with Crippen molar-refractivity contribution in [2.75, 3.05) is 0 Å². The van der Waals surface area contributed by atoms with E-state index in [0.717, 1.165) is 12.2 Å². The monoisotopic (exact) mass is 250 g/mol. The Morgan fingerprint density at radius 3 is 2.00 bits per heavy atom. The van der Waals surface area contributed by atoms with Gasteiger partial charge in [0.25, 0.3) is 0 Å². The standard InChI is InChI=1S/C16H26O2/c1-7-16(6,13(4)5)18-17-15-10-8-14(9-11-15)12(2)3/h8-13H,7H2,1-6H3. The van der Waals surface area contributed by atoms with Crippen LogP contribution < -0.4 is 4.89 Å². The maximum Gasteiger partial charge on any atom is 0.165 e. The van der Waals surface area contributed by atoms with Crippen LogP contribution in [-0.2, 0) is 4.89 Å². The molecule has 1 rings (SSSR count). The average molecular weight is 250 g/mol. The van der Waals surface area contributed by atoms with E-state index in [2.05, 4.69) is 53.7 Å². The van der Waals surface area contributed by atoms with Gasteiger partial charge in [-0.25, -0.2) is 0 Å². The fourth-order valence-electron chi connectivity index (χ4n) is 1.61. The zero-order valence-corrected chi connectivity index (χ0v) is 12.5. The van der Waals surface area contributed by atoms with Crippen LogP contribution in [0.15, 0.2) is 24.3 Å². The maximum atomic E-state index is 5.63. The Labute approximate surface area is 111 Å². The third kappa shape index (κ3) is 3.74. The third-order valence-electron chi connectivity index (χ3n) is 3.80. The van der Waals surface area contributed by atoms with Gasteiger partial charge in [0.1, 0.15) is 5.60 Å². The van der Waals surface area contributed by atoms with E-state index < -0.39 is 0 Å². The lowest BCUT2D eigenvalue weighted by Gasteiger charge is -2.30. The third-order valence-corrected chi connectivity index (χ3v) is 3.80. The highest BCUT2D eigenvalue weighted by Gasteiger charge is 2.29.